The molecule has 35 heavy (non-hydrogen) atoms. The highest BCUT2D eigenvalue weighted by molar-refractivity contribution is 7.99. The van der Waals surface area contributed by atoms with Crippen molar-refractivity contribution in [2.75, 3.05) is 36.2 Å². The summed E-state index contributed by atoms with van der Waals surface area (Å²) in [5, 5.41) is 18.2. The predicted octanol–water partition coefficient (Wildman–Crippen LogP) is 1.57. The maximum Gasteiger partial charge on any atom is 0.293 e. The Labute approximate surface area is 206 Å². The van der Waals surface area contributed by atoms with Gasteiger partial charge in [-0.25, -0.2) is 4.98 Å². The van der Waals surface area contributed by atoms with Gasteiger partial charge in [0.1, 0.15) is 11.9 Å². The van der Waals surface area contributed by atoms with Gasteiger partial charge in [-0.15, -0.1) is 22.0 Å². The fraction of sp³-hybridized carbons (Fsp3) is 0.391. The van der Waals surface area contributed by atoms with Gasteiger partial charge in [0.25, 0.3) is 11.7 Å². The number of thioether (sulfide) groups is 1. The summed E-state index contributed by atoms with van der Waals surface area (Å²) in [5.74, 6) is 0.301. The summed E-state index contributed by atoms with van der Waals surface area (Å²) in [6.07, 6.45) is 3.56. The molecule has 1 aromatic carbocycles. The van der Waals surface area contributed by atoms with Crippen LogP contribution in [0.2, 0.25) is 0 Å². The van der Waals surface area contributed by atoms with Crippen molar-refractivity contribution < 1.29 is 14.3 Å². The molecule has 0 saturated carbocycles. The summed E-state index contributed by atoms with van der Waals surface area (Å²) >= 11 is 1.50. The Bertz CT molecular complexity index is 1200. The van der Waals surface area contributed by atoms with Gasteiger partial charge >= 0.3 is 0 Å². The van der Waals surface area contributed by atoms with Crippen LogP contribution < -0.4 is 15.5 Å². The molecular formula is C23H26N8O3S. The first kappa shape index (κ1) is 23.2. The smallest absolute Gasteiger partial charge is 0.293 e. The van der Waals surface area contributed by atoms with Gasteiger partial charge in [-0.05, 0) is 29.7 Å². The van der Waals surface area contributed by atoms with Crippen molar-refractivity contribution in [1.29, 1.82) is 0 Å². The lowest BCUT2D eigenvalue weighted by Gasteiger charge is -2.24. The molecule has 2 aliphatic heterocycles. The molecule has 5 rings (SSSR count). The highest BCUT2D eigenvalue weighted by atomic mass is 32.2. The summed E-state index contributed by atoms with van der Waals surface area (Å²) < 4.78 is 5.42. The zero-order valence-electron chi connectivity index (χ0n) is 19.3. The Morgan fingerprint density at radius 3 is 2.83 bits per heavy atom. The number of carbonyl (C=O) groups is 2. The zero-order chi connectivity index (χ0) is 24.2. The van der Waals surface area contributed by atoms with E-state index in [4.69, 9.17) is 4.74 Å². The summed E-state index contributed by atoms with van der Waals surface area (Å²) in [7, 11) is 1.69. The van der Waals surface area contributed by atoms with Gasteiger partial charge in [0, 0.05) is 37.0 Å². The summed E-state index contributed by atoms with van der Waals surface area (Å²) in [4.78, 5) is 34.2. The number of nitrogens with zero attached hydrogens (tertiary/aromatic N) is 6. The Balaban J connectivity index is 1.24. The van der Waals surface area contributed by atoms with Gasteiger partial charge in [0.2, 0.25) is 5.91 Å². The number of likely N-dealkylation sites (N-methyl/N-ethyl adjacent to an activating group) is 1. The minimum absolute atomic E-state index is 0.0761. The number of benzene rings is 1. The van der Waals surface area contributed by atoms with E-state index in [-0.39, 0.29) is 11.7 Å². The lowest BCUT2D eigenvalue weighted by molar-refractivity contribution is -0.119. The van der Waals surface area contributed by atoms with Crippen LogP contribution in [-0.2, 0) is 16.1 Å². The maximum absolute atomic E-state index is 13.1. The van der Waals surface area contributed by atoms with Crippen molar-refractivity contribution in [2.45, 2.75) is 36.4 Å². The van der Waals surface area contributed by atoms with E-state index in [0.717, 1.165) is 42.3 Å². The lowest BCUT2D eigenvalue weighted by atomic mass is 10.1. The van der Waals surface area contributed by atoms with Crippen LogP contribution >= 0.6 is 11.8 Å². The van der Waals surface area contributed by atoms with Crippen molar-refractivity contribution in [3.05, 3.63) is 54.0 Å². The fourth-order valence-corrected chi connectivity index (χ4v) is 5.10. The van der Waals surface area contributed by atoms with E-state index in [1.165, 1.54) is 21.5 Å². The molecule has 12 heteroatoms. The molecule has 0 spiro atoms. The molecule has 2 aromatic heterocycles. The minimum Gasteiger partial charge on any atom is -0.381 e. The highest BCUT2D eigenvalue weighted by Crippen LogP contribution is 2.35. The van der Waals surface area contributed by atoms with E-state index in [1.807, 2.05) is 36.4 Å². The molecular weight excluding hydrogens is 468 g/mol. The molecule has 0 aliphatic carbocycles. The molecule has 2 N–H and O–H groups in total. The van der Waals surface area contributed by atoms with Crippen LogP contribution in [0.3, 0.4) is 0 Å². The molecule has 11 nitrogen and oxygen atoms in total. The van der Waals surface area contributed by atoms with Crippen molar-refractivity contribution in [1.82, 2.24) is 30.5 Å². The third kappa shape index (κ3) is 5.43. The second-order valence-electron chi connectivity index (χ2n) is 8.43. The molecule has 2 aliphatic rings. The second-order valence-corrected chi connectivity index (χ2v) is 9.49. The number of rotatable bonds is 6. The number of amides is 2. The predicted molar refractivity (Wildman–Crippen MR) is 130 cm³/mol. The quantitative estimate of drug-likeness (QED) is 0.525. The fourth-order valence-electron chi connectivity index (χ4n) is 4.00. The molecule has 0 unspecified atom stereocenters. The lowest BCUT2D eigenvalue weighted by Crippen LogP contribution is -2.48. The second kappa shape index (κ2) is 10.4. The van der Waals surface area contributed by atoms with Crippen LogP contribution in [0.15, 0.2) is 47.5 Å². The van der Waals surface area contributed by atoms with Gasteiger partial charge in [-0.2, -0.15) is 4.80 Å². The van der Waals surface area contributed by atoms with Crippen LogP contribution in [-0.4, -0.2) is 75.1 Å². The SMILES string of the molecule is CN1C(=O)[C@@H](NC(=O)c2nnn(Cc3ccccc3)n2)CSc2cc(NC3CCOCC3)ncc21. The number of aromatic nitrogens is 5. The highest BCUT2D eigenvalue weighted by Gasteiger charge is 2.31. The molecule has 2 amide bonds. The van der Waals surface area contributed by atoms with E-state index < -0.39 is 11.9 Å². The number of hydrogen-bond donors (Lipinski definition) is 2. The molecule has 182 valence electrons. The maximum atomic E-state index is 13.1. The first-order valence-electron chi connectivity index (χ1n) is 11.4. The molecule has 1 atom stereocenters. The molecule has 3 aromatic rings. The van der Waals surface area contributed by atoms with Crippen LogP contribution in [0.1, 0.15) is 29.0 Å². The number of tetrazole rings is 1. The van der Waals surface area contributed by atoms with Crippen LogP contribution in [0, 0.1) is 0 Å². The Morgan fingerprint density at radius 1 is 1.23 bits per heavy atom. The van der Waals surface area contributed by atoms with Crippen molar-refractivity contribution >= 4 is 35.1 Å². The van der Waals surface area contributed by atoms with Crippen molar-refractivity contribution in [2.24, 2.45) is 0 Å². The first-order chi connectivity index (χ1) is 17.1. The largest absolute Gasteiger partial charge is 0.381 e. The zero-order valence-corrected chi connectivity index (χ0v) is 20.1. The summed E-state index contributed by atoms with van der Waals surface area (Å²) in [6.45, 7) is 1.88. The number of pyridine rings is 1. The Kier molecular flexibility index (Phi) is 6.91. The van der Waals surface area contributed by atoms with E-state index >= 15 is 0 Å². The van der Waals surface area contributed by atoms with Gasteiger partial charge in [-0.3, -0.25) is 9.59 Å². The number of carbonyl (C=O) groups excluding carboxylic acids is 2. The minimum atomic E-state index is -0.738. The Morgan fingerprint density at radius 2 is 2.03 bits per heavy atom. The average Bonchev–Trinajstić information content (AvgIpc) is 3.31. The summed E-state index contributed by atoms with van der Waals surface area (Å²) in [5.41, 5.74) is 1.70. The van der Waals surface area contributed by atoms with E-state index in [9.17, 15) is 9.59 Å². The number of anilines is 2. The normalized spacial score (nSPS) is 18.6. The third-order valence-electron chi connectivity index (χ3n) is 5.94. The number of ether oxygens (including phenoxy) is 1. The molecule has 4 heterocycles. The van der Waals surface area contributed by atoms with Crippen LogP contribution in [0.25, 0.3) is 0 Å². The van der Waals surface area contributed by atoms with Crippen molar-refractivity contribution in [3.8, 4) is 0 Å². The molecule has 0 radical (unpaired) electrons. The molecule has 1 saturated heterocycles. The number of hydrogen-bond acceptors (Lipinski definition) is 9. The Hall–Kier alpha value is -3.51. The van der Waals surface area contributed by atoms with E-state index in [0.29, 0.717) is 24.0 Å². The average molecular weight is 495 g/mol. The van der Waals surface area contributed by atoms with Crippen LogP contribution in [0.4, 0.5) is 11.5 Å². The standard InChI is InChI=1S/C23H26N8O3S/c1-30-18-12-24-20(25-16-7-9-34-10-8-16)11-19(18)35-14-17(23(30)33)26-22(32)21-27-29-31(28-21)13-15-5-3-2-4-6-15/h2-6,11-12,16-17H,7-10,13-14H2,1H3,(H,24,25)(H,26,32)/t17-/m0/s1. The van der Waals surface area contributed by atoms with Gasteiger partial charge in [-0.1, -0.05) is 30.3 Å². The molecule has 1 fully saturated rings. The number of nitrogens with one attached hydrogen (secondary N) is 2. The van der Waals surface area contributed by atoms with Crippen LogP contribution in [0.5, 0.6) is 0 Å². The van der Waals surface area contributed by atoms with Crippen molar-refractivity contribution in [3.63, 3.8) is 0 Å². The summed E-state index contributed by atoms with van der Waals surface area (Å²) in [6, 6.07) is 11.2. The van der Waals surface area contributed by atoms with E-state index in [2.05, 4.69) is 31.0 Å². The van der Waals surface area contributed by atoms with Gasteiger partial charge < -0.3 is 20.3 Å². The molecule has 0 bridgehead atoms. The topological polar surface area (TPSA) is 127 Å². The van der Waals surface area contributed by atoms with Gasteiger partial charge in [0.15, 0.2) is 0 Å². The monoisotopic (exact) mass is 494 g/mol. The first-order valence-corrected chi connectivity index (χ1v) is 12.4. The third-order valence-corrected chi connectivity index (χ3v) is 7.08. The van der Waals surface area contributed by atoms with E-state index in [1.54, 1.807) is 13.2 Å². The van der Waals surface area contributed by atoms with Gasteiger partial charge in [0.05, 0.1) is 18.4 Å². The number of fused-ring (bicyclic) bond motifs is 1.